The SMILES string of the molecule is COC(=O)c1ccccc1-c1sccc1OC. The van der Waals surface area contributed by atoms with Gasteiger partial charge < -0.3 is 9.47 Å². The lowest BCUT2D eigenvalue weighted by molar-refractivity contribution is 0.0601. The zero-order chi connectivity index (χ0) is 12.3. The van der Waals surface area contributed by atoms with Crippen LogP contribution in [0.4, 0.5) is 0 Å². The average Bonchev–Trinajstić information content (AvgIpc) is 2.86. The van der Waals surface area contributed by atoms with Gasteiger partial charge in [-0.3, -0.25) is 0 Å². The first-order chi connectivity index (χ1) is 8.27. The van der Waals surface area contributed by atoms with Gasteiger partial charge in [0.15, 0.2) is 0 Å². The molecular weight excluding hydrogens is 236 g/mol. The predicted molar refractivity (Wildman–Crippen MR) is 67.6 cm³/mol. The van der Waals surface area contributed by atoms with Gasteiger partial charge in [0, 0.05) is 5.56 Å². The average molecular weight is 248 g/mol. The van der Waals surface area contributed by atoms with Crippen molar-refractivity contribution in [2.24, 2.45) is 0 Å². The molecule has 2 aromatic rings. The second-order valence-corrected chi connectivity index (χ2v) is 4.27. The van der Waals surface area contributed by atoms with Crippen LogP contribution in [0.25, 0.3) is 10.4 Å². The van der Waals surface area contributed by atoms with Crippen molar-refractivity contribution in [2.45, 2.75) is 0 Å². The molecule has 0 N–H and O–H groups in total. The van der Waals surface area contributed by atoms with E-state index in [1.165, 1.54) is 18.4 Å². The second-order valence-electron chi connectivity index (χ2n) is 3.36. The number of hydrogen-bond acceptors (Lipinski definition) is 4. The van der Waals surface area contributed by atoms with Crippen molar-refractivity contribution in [1.29, 1.82) is 0 Å². The van der Waals surface area contributed by atoms with Gasteiger partial charge in [-0.25, -0.2) is 4.79 Å². The van der Waals surface area contributed by atoms with Gasteiger partial charge in [-0.2, -0.15) is 0 Å². The molecule has 2 rings (SSSR count). The lowest BCUT2D eigenvalue weighted by Gasteiger charge is -2.07. The van der Waals surface area contributed by atoms with E-state index in [4.69, 9.17) is 9.47 Å². The summed E-state index contributed by atoms with van der Waals surface area (Å²) in [6.45, 7) is 0. The first-order valence-corrected chi connectivity index (χ1v) is 5.95. The molecule has 0 radical (unpaired) electrons. The smallest absolute Gasteiger partial charge is 0.338 e. The molecule has 4 heteroatoms. The molecule has 0 spiro atoms. The number of hydrogen-bond donors (Lipinski definition) is 0. The molecule has 3 nitrogen and oxygen atoms in total. The van der Waals surface area contributed by atoms with Gasteiger partial charge in [0.05, 0.1) is 24.7 Å². The summed E-state index contributed by atoms with van der Waals surface area (Å²) in [5.41, 5.74) is 1.39. The van der Waals surface area contributed by atoms with Gasteiger partial charge in [-0.1, -0.05) is 18.2 Å². The van der Waals surface area contributed by atoms with Crippen LogP contribution in [0.1, 0.15) is 10.4 Å². The highest BCUT2D eigenvalue weighted by atomic mass is 32.1. The molecule has 0 fully saturated rings. The minimum Gasteiger partial charge on any atom is -0.495 e. The Hall–Kier alpha value is -1.81. The normalized spacial score (nSPS) is 10.0. The zero-order valence-electron chi connectivity index (χ0n) is 9.60. The molecular formula is C13H12O3S. The monoisotopic (exact) mass is 248 g/mol. The van der Waals surface area contributed by atoms with E-state index >= 15 is 0 Å². The number of ether oxygens (including phenoxy) is 2. The number of thiophene rings is 1. The standard InChI is InChI=1S/C13H12O3S/c1-15-11-7-8-17-12(11)9-5-3-4-6-10(9)13(14)16-2/h3-8H,1-2H3. The van der Waals surface area contributed by atoms with Crippen molar-refractivity contribution in [1.82, 2.24) is 0 Å². The van der Waals surface area contributed by atoms with Gasteiger partial charge in [-0.05, 0) is 17.5 Å². The van der Waals surface area contributed by atoms with E-state index in [9.17, 15) is 4.79 Å². The fourth-order valence-electron chi connectivity index (χ4n) is 1.62. The van der Waals surface area contributed by atoms with E-state index in [1.54, 1.807) is 13.2 Å². The molecule has 17 heavy (non-hydrogen) atoms. The van der Waals surface area contributed by atoms with E-state index in [2.05, 4.69) is 0 Å². The minimum absolute atomic E-state index is 0.337. The first-order valence-electron chi connectivity index (χ1n) is 5.07. The summed E-state index contributed by atoms with van der Waals surface area (Å²) in [6, 6.07) is 9.23. The minimum atomic E-state index is -0.337. The van der Waals surface area contributed by atoms with Crippen LogP contribution in [-0.4, -0.2) is 20.2 Å². The van der Waals surface area contributed by atoms with Crippen molar-refractivity contribution in [2.75, 3.05) is 14.2 Å². The molecule has 0 bridgehead atoms. The molecule has 1 aromatic heterocycles. The van der Waals surface area contributed by atoms with Crippen LogP contribution in [-0.2, 0) is 4.74 Å². The molecule has 1 heterocycles. The summed E-state index contributed by atoms with van der Waals surface area (Å²) in [5.74, 6) is 0.433. The van der Waals surface area contributed by atoms with Gasteiger partial charge in [0.2, 0.25) is 0 Å². The summed E-state index contributed by atoms with van der Waals surface area (Å²) in [7, 11) is 3.00. The van der Waals surface area contributed by atoms with Crippen LogP contribution < -0.4 is 4.74 Å². The second kappa shape index (κ2) is 5.01. The van der Waals surface area contributed by atoms with Crippen LogP contribution >= 0.6 is 11.3 Å². The maximum atomic E-state index is 11.7. The first kappa shape index (κ1) is 11.7. The summed E-state index contributed by atoms with van der Waals surface area (Å²) in [4.78, 5) is 12.6. The Morgan fingerprint density at radius 2 is 1.94 bits per heavy atom. The van der Waals surface area contributed by atoms with E-state index < -0.39 is 0 Å². The Labute approximate surface area is 104 Å². The fraction of sp³-hybridized carbons (Fsp3) is 0.154. The maximum Gasteiger partial charge on any atom is 0.338 e. The molecule has 0 saturated heterocycles. The molecule has 0 amide bonds. The molecule has 1 aromatic carbocycles. The molecule has 0 aliphatic rings. The largest absolute Gasteiger partial charge is 0.495 e. The maximum absolute atomic E-state index is 11.7. The predicted octanol–water partition coefficient (Wildman–Crippen LogP) is 3.21. The molecule has 0 saturated carbocycles. The van der Waals surface area contributed by atoms with Crippen LogP contribution in [0, 0.1) is 0 Å². The molecule has 0 atom stereocenters. The highest BCUT2D eigenvalue weighted by molar-refractivity contribution is 7.14. The fourth-order valence-corrected chi connectivity index (χ4v) is 2.52. The molecule has 0 aliphatic heterocycles. The van der Waals surface area contributed by atoms with Crippen LogP contribution in [0.3, 0.4) is 0 Å². The van der Waals surface area contributed by atoms with E-state index in [-0.39, 0.29) is 5.97 Å². The van der Waals surface area contributed by atoms with Crippen molar-refractivity contribution in [3.63, 3.8) is 0 Å². The lowest BCUT2D eigenvalue weighted by Crippen LogP contribution is -2.03. The number of methoxy groups -OCH3 is 2. The number of carbonyl (C=O) groups is 1. The Balaban J connectivity index is 2.56. The third-order valence-electron chi connectivity index (χ3n) is 2.43. The summed E-state index contributed by atoms with van der Waals surface area (Å²) in [6.07, 6.45) is 0. The van der Waals surface area contributed by atoms with Gasteiger partial charge in [-0.15, -0.1) is 11.3 Å². The van der Waals surface area contributed by atoms with Crippen molar-refractivity contribution < 1.29 is 14.3 Å². The van der Waals surface area contributed by atoms with E-state index in [0.717, 1.165) is 16.2 Å². The Morgan fingerprint density at radius 1 is 1.18 bits per heavy atom. The summed E-state index contributed by atoms with van der Waals surface area (Å²) in [5, 5.41) is 1.93. The van der Waals surface area contributed by atoms with Crippen LogP contribution in [0.2, 0.25) is 0 Å². The molecule has 0 unspecified atom stereocenters. The van der Waals surface area contributed by atoms with Crippen molar-refractivity contribution >= 4 is 17.3 Å². The van der Waals surface area contributed by atoms with Crippen molar-refractivity contribution in [3.8, 4) is 16.2 Å². The van der Waals surface area contributed by atoms with Gasteiger partial charge in [0.1, 0.15) is 5.75 Å². The van der Waals surface area contributed by atoms with Crippen LogP contribution in [0.5, 0.6) is 5.75 Å². The quantitative estimate of drug-likeness (QED) is 0.782. The number of rotatable bonds is 3. The summed E-state index contributed by atoms with van der Waals surface area (Å²) >= 11 is 1.54. The number of esters is 1. The highest BCUT2D eigenvalue weighted by Gasteiger charge is 2.16. The summed E-state index contributed by atoms with van der Waals surface area (Å²) < 4.78 is 10.0. The molecule has 88 valence electrons. The Morgan fingerprint density at radius 3 is 2.65 bits per heavy atom. The zero-order valence-corrected chi connectivity index (χ0v) is 10.4. The van der Waals surface area contributed by atoms with E-state index in [0.29, 0.717) is 5.56 Å². The molecule has 0 aliphatic carbocycles. The topological polar surface area (TPSA) is 35.5 Å². The van der Waals surface area contributed by atoms with Gasteiger partial charge in [0.25, 0.3) is 0 Å². The lowest BCUT2D eigenvalue weighted by atomic mass is 10.1. The van der Waals surface area contributed by atoms with E-state index in [1.807, 2.05) is 29.6 Å². The Kier molecular flexibility index (Phi) is 3.44. The number of benzene rings is 1. The van der Waals surface area contributed by atoms with Gasteiger partial charge >= 0.3 is 5.97 Å². The Bertz CT molecular complexity index is 531. The number of carbonyl (C=O) groups excluding carboxylic acids is 1. The highest BCUT2D eigenvalue weighted by Crippen LogP contribution is 2.37. The van der Waals surface area contributed by atoms with Crippen molar-refractivity contribution in [3.05, 3.63) is 41.3 Å². The third kappa shape index (κ3) is 2.17. The third-order valence-corrected chi connectivity index (χ3v) is 3.35. The van der Waals surface area contributed by atoms with Crippen LogP contribution in [0.15, 0.2) is 35.7 Å².